The van der Waals surface area contributed by atoms with Gasteiger partial charge in [-0.2, -0.15) is 0 Å². The summed E-state index contributed by atoms with van der Waals surface area (Å²) in [4.78, 5) is 12.0. The first-order chi connectivity index (χ1) is 11.5. The number of methoxy groups -OCH3 is 1. The van der Waals surface area contributed by atoms with E-state index < -0.39 is 11.6 Å². The molecule has 0 aliphatic heterocycles. The summed E-state index contributed by atoms with van der Waals surface area (Å²) in [7, 11) is 1.61. The third-order valence-corrected chi connectivity index (χ3v) is 3.72. The molecule has 2 N–H and O–H groups in total. The molecule has 0 saturated carbocycles. The molecule has 5 heteroatoms. The lowest BCUT2D eigenvalue weighted by atomic mass is 9.94. The lowest BCUT2D eigenvalue weighted by Crippen LogP contribution is -2.50. The zero-order valence-electron chi connectivity index (χ0n) is 14.0. The van der Waals surface area contributed by atoms with E-state index in [1.54, 1.807) is 14.0 Å². The van der Waals surface area contributed by atoms with E-state index in [9.17, 15) is 9.90 Å². The van der Waals surface area contributed by atoms with Gasteiger partial charge in [-0.05, 0) is 36.6 Å². The highest BCUT2D eigenvalue weighted by molar-refractivity contribution is 5.68. The van der Waals surface area contributed by atoms with Crippen LogP contribution in [0.3, 0.4) is 0 Å². The normalized spacial score (nSPS) is 13.0. The molecule has 1 atom stereocenters. The Kier molecular flexibility index (Phi) is 6.21. The molecule has 2 rings (SSSR count). The van der Waals surface area contributed by atoms with Gasteiger partial charge in [-0.3, -0.25) is 0 Å². The van der Waals surface area contributed by atoms with Crippen LogP contribution in [0.5, 0.6) is 5.75 Å². The van der Waals surface area contributed by atoms with Gasteiger partial charge in [0.1, 0.15) is 12.4 Å². The molecule has 0 heterocycles. The van der Waals surface area contributed by atoms with Crippen molar-refractivity contribution in [1.82, 2.24) is 5.32 Å². The van der Waals surface area contributed by atoms with Crippen LogP contribution in [-0.2, 0) is 17.8 Å². The molecule has 5 nitrogen and oxygen atoms in total. The lowest BCUT2D eigenvalue weighted by molar-refractivity contribution is 0.111. The SMILES string of the molecule is COc1ccc(CC(C)(CO)NC(=O)OCc2ccccc2)cc1. The van der Waals surface area contributed by atoms with Gasteiger partial charge in [-0.1, -0.05) is 42.5 Å². The topological polar surface area (TPSA) is 67.8 Å². The van der Waals surface area contributed by atoms with Gasteiger partial charge in [0.25, 0.3) is 0 Å². The summed E-state index contributed by atoms with van der Waals surface area (Å²) < 4.78 is 10.3. The Morgan fingerprint density at radius 1 is 1.08 bits per heavy atom. The maximum Gasteiger partial charge on any atom is 0.407 e. The van der Waals surface area contributed by atoms with Gasteiger partial charge >= 0.3 is 6.09 Å². The first-order valence-corrected chi connectivity index (χ1v) is 7.77. The number of ether oxygens (including phenoxy) is 2. The maximum atomic E-state index is 12.0. The fourth-order valence-corrected chi connectivity index (χ4v) is 2.34. The first-order valence-electron chi connectivity index (χ1n) is 7.77. The molecule has 24 heavy (non-hydrogen) atoms. The van der Waals surface area contributed by atoms with Crippen LogP contribution in [0.4, 0.5) is 4.79 Å². The van der Waals surface area contributed by atoms with Crippen molar-refractivity contribution in [2.45, 2.75) is 25.5 Å². The number of aliphatic hydroxyl groups is 1. The van der Waals surface area contributed by atoms with Crippen LogP contribution in [0.2, 0.25) is 0 Å². The molecule has 0 saturated heterocycles. The van der Waals surface area contributed by atoms with Crippen molar-refractivity contribution < 1.29 is 19.4 Å². The van der Waals surface area contributed by atoms with E-state index in [0.29, 0.717) is 6.42 Å². The molecular formula is C19H23NO4. The minimum absolute atomic E-state index is 0.191. The zero-order valence-corrected chi connectivity index (χ0v) is 14.0. The van der Waals surface area contributed by atoms with Crippen LogP contribution in [0, 0.1) is 0 Å². The number of aliphatic hydroxyl groups excluding tert-OH is 1. The van der Waals surface area contributed by atoms with Gasteiger partial charge in [0.2, 0.25) is 0 Å². The van der Waals surface area contributed by atoms with Crippen LogP contribution in [0.25, 0.3) is 0 Å². The Morgan fingerprint density at radius 2 is 1.75 bits per heavy atom. The Bertz CT molecular complexity index is 642. The third kappa shape index (κ3) is 5.28. The highest BCUT2D eigenvalue weighted by atomic mass is 16.5. The third-order valence-electron chi connectivity index (χ3n) is 3.72. The summed E-state index contributed by atoms with van der Waals surface area (Å²) in [6, 6.07) is 17.0. The Hall–Kier alpha value is -2.53. The van der Waals surface area contributed by atoms with Gasteiger partial charge in [0, 0.05) is 0 Å². The van der Waals surface area contributed by atoms with Gasteiger partial charge in [0.05, 0.1) is 19.3 Å². The zero-order chi connectivity index (χ0) is 17.4. The highest BCUT2D eigenvalue weighted by Crippen LogP contribution is 2.17. The Balaban J connectivity index is 1.91. The van der Waals surface area contributed by atoms with Crippen LogP contribution >= 0.6 is 0 Å². The summed E-state index contributed by atoms with van der Waals surface area (Å²) in [6.45, 7) is 1.77. The molecule has 0 aliphatic rings. The second-order valence-corrected chi connectivity index (χ2v) is 5.93. The first kappa shape index (κ1) is 17.8. The lowest BCUT2D eigenvalue weighted by Gasteiger charge is -2.28. The number of rotatable bonds is 7. The second-order valence-electron chi connectivity index (χ2n) is 5.93. The second kappa shape index (κ2) is 8.36. The quantitative estimate of drug-likeness (QED) is 0.819. The number of carbonyl (C=O) groups is 1. The molecule has 1 unspecified atom stereocenters. The molecule has 0 bridgehead atoms. The summed E-state index contributed by atoms with van der Waals surface area (Å²) in [5, 5.41) is 12.4. The number of alkyl carbamates (subject to hydrolysis) is 1. The molecule has 2 aromatic rings. The molecule has 0 radical (unpaired) electrons. The van der Waals surface area contributed by atoms with E-state index >= 15 is 0 Å². The number of hydrogen-bond acceptors (Lipinski definition) is 4. The van der Waals surface area contributed by atoms with E-state index in [1.807, 2.05) is 54.6 Å². The molecule has 0 fully saturated rings. The summed E-state index contributed by atoms with van der Waals surface area (Å²) in [6.07, 6.45) is -0.0718. The molecule has 0 aromatic heterocycles. The summed E-state index contributed by atoms with van der Waals surface area (Å²) >= 11 is 0. The predicted octanol–water partition coefficient (Wildman–Crippen LogP) is 2.92. The van der Waals surface area contributed by atoms with Crippen molar-refractivity contribution in [1.29, 1.82) is 0 Å². The largest absolute Gasteiger partial charge is 0.497 e. The van der Waals surface area contributed by atoms with Crippen molar-refractivity contribution in [2.24, 2.45) is 0 Å². The van der Waals surface area contributed by atoms with Gasteiger partial charge in [-0.15, -0.1) is 0 Å². The summed E-state index contributed by atoms with van der Waals surface area (Å²) in [5.74, 6) is 0.764. The molecule has 128 valence electrons. The van der Waals surface area contributed by atoms with Crippen LogP contribution < -0.4 is 10.1 Å². The fourth-order valence-electron chi connectivity index (χ4n) is 2.34. The molecule has 0 aliphatic carbocycles. The maximum absolute atomic E-state index is 12.0. The van der Waals surface area contributed by atoms with E-state index in [2.05, 4.69) is 5.32 Å². The number of carbonyl (C=O) groups excluding carboxylic acids is 1. The van der Waals surface area contributed by atoms with Gasteiger partial charge < -0.3 is 19.9 Å². The van der Waals surface area contributed by atoms with E-state index in [0.717, 1.165) is 16.9 Å². The number of amides is 1. The number of benzene rings is 2. The predicted molar refractivity (Wildman–Crippen MR) is 92.0 cm³/mol. The molecular weight excluding hydrogens is 306 g/mol. The smallest absolute Gasteiger partial charge is 0.407 e. The van der Waals surface area contributed by atoms with Crippen LogP contribution in [-0.4, -0.2) is 30.5 Å². The van der Waals surface area contributed by atoms with Crippen molar-refractivity contribution >= 4 is 6.09 Å². The fraction of sp³-hybridized carbons (Fsp3) is 0.316. The van der Waals surface area contributed by atoms with Crippen molar-refractivity contribution in [3.05, 3.63) is 65.7 Å². The van der Waals surface area contributed by atoms with Crippen LogP contribution in [0.1, 0.15) is 18.1 Å². The van der Waals surface area contributed by atoms with Crippen molar-refractivity contribution in [3.8, 4) is 5.75 Å². The van der Waals surface area contributed by atoms with E-state index in [1.165, 1.54) is 0 Å². The number of hydrogen-bond donors (Lipinski definition) is 2. The average molecular weight is 329 g/mol. The Morgan fingerprint density at radius 3 is 2.33 bits per heavy atom. The standard InChI is InChI=1S/C19H23NO4/c1-19(14-21,12-15-8-10-17(23-2)11-9-15)20-18(22)24-13-16-6-4-3-5-7-16/h3-11,21H,12-14H2,1-2H3,(H,20,22). The van der Waals surface area contributed by atoms with Crippen molar-refractivity contribution in [2.75, 3.05) is 13.7 Å². The number of nitrogens with one attached hydrogen (secondary N) is 1. The monoisotopic (exact) mass is 329 g/mol. The molecule has 2 aromatic carbocycles. The molecule has 0 spiro atoms. The summed E-state index contributed by atoms with van der Waals surface area (Å²) in [5.41, 5.74) is 1.09. The minimum Gasteiger partial charge on any atom is -0.497 e. The van der Waals surface area contributed by atoms with Crippen LogP contribution in [0.15, 0.2) is 54.6 Å². The van der Waals surface area contributed by atoms with Gasteiger partial charge in [0.15, 0.2) is 0 Å². The minimum atomic E-state index is -0.803. The Labute approximate surface area is 142 Å². The van der Waals surface area contributed by atoms with Crippen molar-refractivity contribution in [3.63, 3.8) is 0 Å². The van der Waals surface area contributed by atoms with E-state index in [4.69, 9.17) is 9.47 Å². The van der Waals surface area contributed by atoms with Gasteiger partial charge in [-0.25, -0.2) is 4.79 Å². The van der Waals surface area contributed by atoms with E-state index in [-0.39, 0.29) is 13.2 Å². The highest BCUT2D eigenvalue weighted by Gasteiger charge is 2.26. The molecule has 1 amide bonds. The average Bonchev–Trinajstić information content (AvgIpc) is 2.61.